The molecule has 1 aromatic heterocycles. The van der Waals surface area contributed by atoms with E-state index in [0.717, 1.165) is 17.2 Å². The molecule has 84 valence electrons. The molecule has 1 aromatic rings. The molecule has 0 aliphatic heterocycles. The second kappa shape index (κ2) is 5.06. The maximum absolute atomic E-state index is 4.61. The third kappa shape index (κ3) is 3.26. The van der Waals surface area contributed by atoms with Crippen LogP contribution in [0.15, 0.2) is 6.07 Å². The first-order valence-corrected chi connectivity index (χ1v) is 6.33. The predicted molar refractivity (Wildman–Crippen MR) is 67.7 cm³/mol. The average Bonchev–Trinajstić information content (AvgIpc) is 2.15. The standard InChI is InChI=1S/C12H19BrN2/c1-7(2)12-14-8(3)6-11(15-12)9(4)10(5)13/h6-7,9-10H,1-5H3. The second-order valence-electron chi connectivity index (χ2n) is 4.41. The highest BCUT2D eigenvalue weighted by Crippen LogP contribution is 2.24. The monoisotopic (exact) mass is 270 g/mol. The molecule has 2 nitrogen and oxygen atoms in total. The molecule has 0 aromatic carbocycles. The van der Waals surface area contributed by atoms with Gasteiger partial charge in [-0.2, -0.15) is 0 Å². The van der Waals surface area contributed by atoms with Crippen molar-refractivity contribution in [2.24, 2.45) is 0 Å². The molecule has 0 aliphatic carbocycles. The summed E-state index contributed by atoms with van der Waals surface area (Å²) in [7, 11) is 0. The molecule has 0 N–H and O–H groups in total. The quantitative estimate of drug-likeness (QED) is 0.781. The van der Waals surface area contributed by atoms with Crippen molar-refractivity contribution in [3.8, 4) is 0 Å². The molecule has 0 bridgehead atoms. The third-order valence-electron chi connectivity index (χ3n) is 2.56. The van der Waals surface area contributed by atoms with Crippen LogP contribution < -0.4 is 0 Å². The van der Waals surface area contributed by atoms with Crippen molar-refractivity contribution >= 4 is 15.9 Å². The first-order chi connectivity index (χ1) is 6.91. The third-order valence-corrected chi connectivity index (χ3v) is 3.36. The van der Waals surface area contributed by atoms with E-state index in [2.05, 4.69) is 59.7 Å². The highest BCUT2D eigenvalue weighted by Gasteiger charge is 2.15. The van der Waals surface area contributed by atoms with Gasteiger partial charge in [0.25, 0.3) is 0 Å². The molecule has 0 saturated heterocycles. The summed E-state index contributed by atoms with van der Waals surface area (Å²) in [5.41, 5.74) is 2.19. The van der Waals surface area contributed by atoms with E-state index in [0.29, 0.717) is 16.7 Å². The Kier molecular flexibility index (Phi) is 4.26. The van der Waals surface area contributed by atoms with E-state index < -0.39 is 0 Å². The highest BCUT2D eigenvalue weighted by atomic mass is 79.9. The smallest absolute Gasteiger partial charge is 0.131 e. The van der Waals surface area contributed by atoms with Crippen molar-refractivity contribution in [3.05, 3.63) is 23.3 Å². The SMILES string of the molecule is Cc1cc(C(C)C(C)Br)nc(C(C)C)n1. The lowest BCUT2D eigenvalue weighted by atomic mass is 10.0. The molecule has 0 radical (unpaired) electrons. The highest BCUT2D eigenvalue weighted by molar-refractivity contribution is 9.09. The Labute approximate surface area is 101 Å². The van der Waals surface area contributed by atoms with Gasteiger partial charge in [0.15, 0.2) is 0 Å². The number of hydrogen-bond acceptors (Lipinski definition) is 2. The molecule has 1 rings (SSSR count). The van der Waals surface area contributed by atoms with Crippen LogP contribution in [0.4, 0.5) is 0 Å². The lowest BCUT2D eigenvalue weighted by Crippen LogP contribution is -2.10. The zero-order chi connectivity index (χ0) is 11.6. The molecule has 0 spiro atoms. The van der Waals surface area contributed by atoms with Crippen molar-refractivity contribution in [2.75, 3.05) is 0 Å². The van der Waals surface area contributed by atoms with Gasteiger partial charge in [-0.3, -0.25) is 0 Å². The van der Waals surface area contributed by atoms with Gasteiger partial charge in [0.05, 0.1) is 0 Å². The van der Waals surface area contributed by atoms with E-state index >= 15 is 0 Å². The van der Waals surface area contributed by atoms with Crippen molar-refractivity contribution < 1.29 is 0 Å². The molecule has 2 atom stereocenters. The summed E-state index contributed by atoms with van der Waals surface area (Å²) in [6.45, 7) is 10.6. The summed E-state index contributed by atoms with van der Waals surface area (Å²) in [6, 6.07) is 2.08. The van der Waals surface area contributed by atoms with Crippen LogP contribution in [0.25, 0.3) is 0 Å². The van der Waals surface area contributed by atoms with Crippen LogP contribution >= 0.6 is 15.9 Å². The maximum Gasteiger partial charge on any atom is 0.131 e. The number of alkyl halides is 1. The molecule has 0 aliphatic rings. The van der Waals surface area contributed by atoms with Crippen LogP contribution in [0, 0.1) is 6.92 Å². The van der Waals surface area contributed by atoms with Crippen molar-refractivity contribution in [3.63, 3.8) is 0 Å². The van der Waals surface area contributed by atoms with Gasteiger partial charge < -0.3 is 0 Å². The lowest BCUT2D eigenvalue weighted by molar-refractivity contribution is 0.688. The fourth-order valence-corrected chi connectivity index (χ4v) is 1.61. The number of aryl methyl sites for hydroxylation is 1. The van der Waals surface area contributed by atoms with Crippen LogP contribution in [0.5, 0.6) is 0 Å². The first-order valence-electron chi connectivity index (χ1n) is 5.41. The number of hydrogen-bond donors (Lipinski definition) is 0. The van der Waals surface area contributed by atoms with E-state index in [9.17, 15) is 0 Å². The van der Waals surface area contributed by atoms with E-state index in [-0.39, 0.29) is 0 Å². The fraction of sp³-hybridized carbons (Fsp3) is 0.667. The van der Waals surface area contributed by atoms with Gasteiger partial charge >= 0.3 is 0 Å². The van der Waals surface area contributed by atoms with Gasteiger partial charge in [-0.25, -0.2) is 9.97 Å². The zero-order valence-corrected chi connectivity index (χ0v) is 11.7. The zero-order valence-electron chi connectivity index (χ0n) is 10.1. The van der Waals surface area contributed by atoms with Crippen molar-refractivity contribution in [2.45, 2.75) is 51.3 Å². The number of rotatable bonds is 3. The Morgan fingerprint density at radius 3 is 2.20 bits per heavy atom. The summed E-state index contributed by atoms with van der Waals surface area (Å²) in [5, 5.41) is 0. The molecule has 15 heavy (non-hydrogen) atoms. The largest absolute Gasteiger partial charge is 0.238 e. The van der Waals surface area contributed by atoms with Gasteiger partial charge in [0, 0.05) is 28.1 Å². The molecule has 0 fully saturated rings. The van der Waals surface area contributed by atoms with Crippen LogP contribution in [0.3, 0.4) is 0 Å². The Morgan fingerprint density at radius 1 is 1.13 bits per heavy atom. The molecular formula is C12H19BrN2. The van der Waals surface area contributed by atoms with E-state index in [1.165, 1.54) is 0 Å². The van der Waals surface area contributed by atoms with Crippen LogP contribution in [-0.2, 0) is 0 Å². The van der Waals surface area contributed by atoms with Crippen LogP contribution in [0.2, 0.25) is 0 Å². The average molecular weight is 271 g/mol. The topological polar surface area (TPSA) is 25.8 Å². The minimum absolute atomic E-state index is 0.390. The van der Waals surface area contributed by atoms with Crippen LogP contribution in [0.1, 0.15) is 56.7 Å². The van der Waals surface area contributed by atoms with E-state index in [4.69, 9.17) is 0 Å². The van der Waals surface area contributed by atoms with E-state index in [1.54, 1.807) is 0 Å². The van der Waals surface area contributed by atoms with Gasteiger partial charge in [0.1, 0.15) is 5.82 Å². The Bertz CT molecular complexity index is 334. The summed E-state index contributed by atoms with van der Waals surface area (Å²) in [4.78, 5) is 9.50. The van der Waals surface area contributed by atoms with Crippen LogP contribution in [-0.4, -0.2) is 14.8 Å². The molecule has 0 amide bonds. The fourth-order valence-electron chi connectivity index (χ4n) is 1.34. The maximum atomic E-state index is 4.61. The molecule has 2 unspecified atom stereocenters. The van der Waals surface area contributed by atoms with Gasteiger partial charge in [-0.05, 0) is 13.0 Å². The van der Waals surface area contributed by atoms with E-state index in [1.807, 2.05) is 6.92 Å². The molecular weight excluding hydrogens is 252 g/mol. The number of aromatic nitrogens is 2. The minimum Gasteiger partial charge on any atom is -0.238 e. The summed E-state index contributed by atoms with van der Waals surface area (Å²) in [6.07, 6.45) is 0. The summed E-state index contributed by atoms with van der Waals surface area (Å²) in [5.74, 6) is 1.76. The Balaban J connectivity index is 3.09. The molecule has 1 heterocycles. The van der Waals surface area contributed by atoms with Crippen molar-refractivity contribution in [1.82, 2.24) is 9.97 Å². The predicted octanol–water partition coefficient (Wildman–Crippen LogP) is 3.80. The summed E-state index contributed by atoms with van der Waals surface area (Å²) >= 11 is 3.60. The second-order valence-corrected chi connectivity index (χ2v) is 5.86. The number of nitrogens with zero attached hydrogens (tertiary/aromatic N) is 2. The lowest BCUT2D eigenvalue weighted by Gasteiger charge is -2.16. The van der Waals surface area contributed by atoms with Gasteiger partial charge in [-0.1, -0.05) is 43.6 Å². The Hall–Kier alpha value is -0.440. The Morgan fingerprint density at radius 2 is 1.73 bits per heavy atom. The van der Waals surface area contributed by atoms with Crippen molar-refractivity contribution in [1.29, 1.82) is 0 Å². The first kappa shape index (κ1) is 12.6. The van der Waals surface area contributed by atoms with Gasteiger partial charge in [-0.15, -0.1) is 0 Å². The normalized spacial score (nSPS) is 15.4. The number of halogens is 1. The summed E-state index contributed by atoms with van der Waals surface area (Å²) < 4.78 is 0. The van der Waals surface area contributed by atoms with Gasteiger partial charge in [0.2, 0.25) is 0 Å². The molecule has 3 heteroatoms. The molecule has 0 saturated carbocycles. The minimum atomic E-state index is 0.390.